The van der Waals surface area contributed by atoms with Crippen LogP contribution in [0.25, 0.3) is 0 Å². The maximum atomic E-state index is 11.3. The smallest absolute Gasteiger partial charge is 0.147 e. The number of carbonyl (C=O) groups is 1. The minimum atomic E-state index is 0.239. The van der Waals surface area contributed by atoms with Crippen LogP contribution in [0.5, 0.6) is 0 Å². The van der Waals surface area contributed by atoms with Crippen molar-refractivity contribution in [2.75, 3.05) is 5.33 Å². The van der Waals surface area contributed by atoms with E-state index in [1.54, 1.807) is 0 Å². The average molecular weight is 255 g/mol. The van der Waals surface area contributed by atoms with E-state index >= 15 is 0 Å². The van der Waals surface area contributed by atoms with Gasteiger partial charge >= 0.3 is 0 Å². The Morgan fingerprint density at radius 1 is 1.36 bits per heavy atom. The van der Waals surface area contributed by atoms with E-state index in [1.807, 2.05) is 0 Å². The molecule has 0 amide bonds. The van der Waals surface area contributed by atoms with Gasteiger partial charge in [0.2, 0.25) is 0 Å². The Labute approximate surface area is 93.7 Å². The molecule has 0 heterocycles. The molecule has 76 valence electrons. The molecule has 0 aliphatic rings. The molecule has 0 spiro atoms. The zero-order chi connectivity index (χ0) is 10.6. The SMILES string of the molecule is CCc1cc(C)ccc1CC(=O)CBr. The largest absolute Gasteiger partial charge is 0.298 e. The van der Waals surface area contributed by atoms with Gasteiger partial charge in [-0.1, -0.05) is 46.6 Å². The molecule has 14 heavy (non-hydrogen) atoms. The van der Waals surface area contributed by atoms with E-state index in [0.29, 0.717) is 11.8 Å². The first-order valence-corrected chi connectivity index (χ1v) is 5.95. The van der Waals surface area contributed by atoms with E-state index < -0.39 is 0 Å². The highest BCUT2D eigenvalue weighted by Gasteiger charge is 2.05. The second-order valence-corrected chi connectivity index (χ2v) is 4.04. The maximum Gasteiger partial charge on any atom is 0.147 e. The maximum absolute atomic E-state index is 11.3. The lowest BCUT2D eigenvalue weighted by Crippen LogP contribution is -2.06. The zero-order valence-corrected chi connectivity index (χ0v) is 10.2. The Balaban J connectivity index is 2.90. The van der Waals surface area contributed by atoms with Gasteiger partial charge in [-0.15, -0.1) is 0 Å². The summed E-state index contributed by atoms with van der Waals surface area (Å²) in [5, 5.41) is 0.448. The van der Waals surface area contributed by atoms with E-state index in [4.69, 9.17) is 0 Å². The summed E-state index contributed by atoms with van der Waals surface area (Å²) >= 11 is 3.18. The molecule has 0 unspecified atom stereocenters. The molecule has 1 rings (SSSR count). The molecule has 0 saturated heterocycles. The topological polar surface area (TPSA) is 17.1 Å². The zero-order valence-electron chi connectivity index (χ0n) is 8.64. The molecule has 0 atom stereocenters. The lowest BCUT2D eigenvalue weighted by molar-refractivity contribution is -0.115. The van der Waals surface area contributed by atoms with Crippen LogP contribution in [0.15, 0.2) is 18.2 Å². The van der Waals surface area contributed by atoms with Crippen LogP contribution in [-0.4, -0.2) is 11.1 Å². The Bertz CT molecular complexity index is 331. The predicted molar refractivity (Wildman–Crippen MR) is 63.1 cm³/mol. The average Bonchev–Trinajstić information content (AvgIpc) is 2.20. The molecular weight excluding hydrogens is 240 g/mol. The monoisotopic (exact) mass is 254 g/mol. The molecule has 1 aromatic carbocycles. The lowest BCUT2D eigenvalue weighted by atomic mass is 9.99. The number of alkyl halides is 1. The first-order valence-electron chi connectivity index (χ1n) is 4.83. The quantitative estimate of drug-likeness (QED) is 0.756. The number of carbonyl (C=O) groups excluding carboxylic acids is 1. The summed E-state index contributed by atoms with van der Waals surface area (Å²) < 4.78 is 0. The molecule has 0 aliphatic heterocycles. The van der Waals surface area contributed by atoms with Gasteiger partial charge in [0.05, 0.1) is 5.33 Å². The third-order valence-electron chi connectivity index (χ3n) is 2.28. The molecule has 0 aliphatic carbocycles. The Hall–Kier alpha value is -0.630. The molecule has 0 N–H and O–H groups in total. The first-order chi connectivity index (χ1) is 6.67. The van der Waals surface area contributed by atoms with Crippen LogP contribution in [-0.2, 0) is 17.6 Å². The molecule has 0 radical (unpaired) electrons. The fraction of sp³-hybridized carbons (Fsp3) is 0.417. The van der Waals surface area contributed by atoms with Gasteiger partial charge in [-0.05, 0) is 24.5 Å². The van der Waals surface area contributed by atoms with E-state index in [-0.39, 0.29) is 5.78 Å². The molecular formula is C12H15BrO. The van der Waals surface area contributed by atoms with Crippen LogP contribution in [0.4, 0.5) is 0 Å². The Morgan fingerprint density at radius 3 is 2.64 bits per heavy atom. The molecule has 0 saturated carbocycles. The number of Topliss-reactive ketones (excluding diaryl/α,β-unsaturated/α-hetero) is 1. The van der Waals surface area contributed by atoms with Crippen molar-refractivity contribution >= 4 is 21.7 Å². The summed E-state index contributed by atoms with van der Waals surface area (Å²) in [4.78, 5) is 11.3. The Morgan fingerprint density at radius 2 is 2.07 bits per heavy atom. The summed E-state index contributed by atoms with van der Waals surface area (Å²) in [6.07, 6.45) is 1.54. The Kier molecular flexibility index (Phi) is 4.33. The predicted octanol–water partition coefficient (Wildman–Crippen LogP) is 3.06. The van der Waals surface area contributed by atoms with Crippen LogP contribution < -0.4 is 0 Å². The van der Waals surface area contributed by atoms with Crippen molar-refractivity contribution in [1.82, 2.24) is 0 Å². The van der Waals surface area contributed by atoms with Crippen LogP contribution in [0, 0.1) is 6.92 Å². The number of hydrogen-bond donors (Lipinski definition) is 0. The van der Waals surface area contributed by atoms with E-state index in [0.717, 1.165) is 6.42 Å². The number of rotatable bonds is 4. The van der Waals surface area contributed by atoms with E-state index in [1.165, 1.54) is 16.7 Å². The third kappa shape index (κ3) is 2.95. The van der Waals surface area contributed by atoms with Crippen molar-refractivity contribution in [3.8, 4) is 0 Å². The van der Waals surface area contributed by atoms with Gasteiger partial charge in [0.25, 0.3) is 0 Å². The minimum absolute atomic E-state index is 0.239. The molecule has 0 fully saturated rings. The van der Waals surface area contributed by atoms with Crippen molar-refractivity contribution in [2.45, 2.75) is 26.7 Å². The van der Waals surface area contributed by atoms with Gasteiger partial charge in [-0.25, -0.2) is 0 Å². The standard InChI is InChI=1S/C12H15BrO/c1-3-10-6-9(2)4-5-11(10)7-12(14)8-13/h4-6H,3,7-8H2,1-2H3. The highest BCUT2D eigenvalue weighted by molar-refractivity contribution is 9.09. The van der Waals surface area contributed by atoms with E-state index in [9.17, 15) is 4.79 Å². The van der Waals surface area contributed by atoms with Crippen LogP contribution >= 0.6 is 15.9 Å². The number of aryl methyl sites for hydroxylation is 2. The number of hydrogen-bond acceptors (Lipinski definition) is 1. The molecule has 0 bridgehead atoms. The van der Waals surface area contributed by atoms with E-state index in [2.05, 4.69) is 48.0 Å². The summed E-state index contributed by atoms with van der Waals surface area (Å²) in [6, 6.07) is 6.29. The molecule has 0 aromatic heterocycles. The van der Waals surface area contributed by atoms with Crippen molar-refractivity contribution < 1.29 is 4.79 Å². The fourth-order valence-corrected chi connectivity index (χ4v) is 1.71. The number of benzene rings is 1. The van der Waals surface area contributed by atoms with Gasteiger partial charge in [0.15, 0.2) is 0 Å². The molecule has 2 heteroatoms. The third-order valence-corrected chi connectivity index (χ3v) is 2.90. The lowest BCUT2D eigenvalue weighted by Gasteiger charge is -2.07. The van der Waals surface area contributed by atoms with Crippen LogP contribution in [0.1, 0.15) is 23.6 Å². The van der Waals surface area contributed by atoms with Crippen LogP contribution in [0.3, 0.4) is 0 Å². The molecule has 1 aromatic rings. The number of halogens is 1. The minimum Gasteiger partial charge on any atom is -0.298 e. The fourth-order valence-electron chi connectivity index (χ4n) is 1.52. The first kappa shape index (κ1) is 11.4. The van der Waals surface area contributed by atoms with Gasteiger partial charge in [-0.3, -0.25) is 4.79 Å². The van der Waals surface area contributed by atoms with Gasteiger partial charge in [0.1, 0.15) is 5.78 Å². The van der Waals surface area contributed by atoms with Crippen molar-refractivity contribution in [1.29, 1.82) is 0 Å². The number of ketones is 1. The van der Waals surface area contributed by atoms with Crippen molar-refractivity contribution in [3.63, 3.8) is 0 Å². The highest BCUT2D eigenvalue weighted by Crippen LogP contribution is 2.13. The van der Waals surface area contributed by atoms with Gasteiger partial charge in [-0.2, -0.15) is 0 Å². The second kappa shape index (κ2) is 5.30. The second-order valence-electron chi connectivity index (χ2n) is 3.47. The summed E-state index contributed by atoms with van der Waals surface area (Å²) in [7, 11) is 0. The van der Waals surface area contributed by atoms with Crippen LogP contribution in [0.2, 0.25) is 0 Å². The van der Waals surface area contributed by atoms with Gasteiger partial charge < -0.3 is 0 Å². The normalized spacial score (nSPS) is 10.2. The highest BCUT2D eigenvalue weighted by atomic mass is 79.9. The summed E-state index contributed by atoms with van der Waals surface area (Å²) in [5.41, 5.74) is 3.72. The van der Waals surface area contributed by atoms with Crippen molar-refractivity contribution in [3.05, 3.63) is 34.9 Å². The summed E-state index contributed by atoms with van der Waals surface area (Å²) in [5.74, 6) is 0.239. The molecule has 1 nitrogen and oxygen atoms in total. The van der Waals surface area contributed by atoms with Gasteiger partial charge in [0, 0.05) is 6.42 Å². The summed E-state index contributed by atoms with van der Waals surface area (Å²) in [6.45, 7) is 4.20. The van der Waals surface area contributed by atoms with Crippen molar-refractivity contribution in [2.24, 2.45) is 0 Å².